The molecule has 1 aromatic heterocycles. The van der Waals surface area contributed by atoms with E-state index in [1.54, 1.807) is 49.4 Å². The summed E-state index contributed by atoms with van der Waals surface area (Å²) in [6, 6.07) is 11.4. The number of alkyl halides is 2. The molecule has 1 atom stereocenters. The number of hydrogen-bond acceptors (Lipinski definition) is 7. The Balaban J connectivity index is 1.45. The number of nitrogens with one attached hydrogen (secondary N) is 3. The van der Waals surface area contributed by atoms with Gasteiger partial charge in [0.1, 0.15) is 12.4 Å². The number of fused-ring (bicyclic) bond motifs is 1. The number of benzene rings is 2. The molecule has 12 heteroatoms. The minimum Gasteiger partial charge on any atom is -0.492 e. The van der Waals surface area contributed by atoms with Gasteiger partial charge in [0.05, 0.1) is 22.8 Å². The Labute approximate surface area is 190 Å². The minimum atomic E-state index is -3.41. The zero-order chi connectivity index (χ0) is 23.8. The molecule has 0 aliphatic rings. The standard InChI is InChI=1S/C21H26F2N4O5S/c1-2-10-33(29,30)27-15-5-3-4-14(11-15)19(28)13-24-8-9-31-16-6-7-17-18(12-16)25-26-20(17)32-21(22)23/h3-7,11-12,19,21,24,27-28H,2,8-10,13H2,1H3,(H,25,26). The van der Waals surface area contributed by atoms with E-state index in [-0.39, 0.29) is 18.2 Å². The number of halogens is 2. The quantitative estimate of drug-likeness (QED) is 0.275. The topological polar surface area (TPSA) is 126 Å². The number of rotatable bonds is 13. The van der Waals surface area contributed by atoms with Crippen LogP contribution in [0.4, 0.5) is 14.5 Å². The minimum absolute atomic E-state index is 0.0271. The fraction of sp³-hybridized carbons (Fsp3) is 0.381. The summed E-state index contributed by atoms with van der Waals surface area (Å²) in [7, 11) is -3.41. The number of anilines is 1. The highest BCUT2D eigenvalue weighted by Crippen LogP contribution is 2.27. The van der Waals surface area contributed by atoms with Crippen LogP contribution in [0.15, 0.2) is 42.5 Å². The Morgan fingerprint density at radius 2 is 2.03 bits per heavy atom. The van der Waals surface area contributed by atoms with Gasteiger partial charge in [0, 0.05) is 24.8 Å². The molecule has 0 fully saturated rings. The number of ether oxygens (including phenoxy) is 2. The number of sulfonamides is 1. The average Bonchev–Trinajstić information content (AvgIpc) is 3.14. The second kappa shape index (κ2) is 11.3. The maximum atomic E-state index is 12.4. The largest absolute Gasteiger partial charge is 0.492 e. The molecular weight excluding hydrogens is 458 g/mol. The summed E-state index contributed by atoms with van der Waals surface area (Å²) in [5, 5.41) is 20.2. The maximum Gasteiger partial charge on any atom is 0.388 e. The van der Waals surface area contributed by atoms with Crippen molar-refractivity contribution in [2.45, 2.75) is 26.1 Å². The molecule has 0 saturated carbocycles. The van der Waals surface area contributed by atoms with Crippen LogP contribution in [0.25, 0.3) is 10.9 Å². The number of nitrogens with zero attached hydrogens (tertiary/aromatic N) is 1. The lowest BCUT2D eigenvalue weighted by Gasteiger charge is -2.14. The average molecular weight is 485 g/mol. The van der Waals surface area contributed by atoms with Crippen LogP contribution in [-0.2, 0) is 10.0 Å². The fourth-order valence-electron chi connectivity index (χ4n) is 3.14. The van der Waals surface area contributed by atoms with Gasteiger partial charge in [0.15, 0.2) is 0 Å². The number of H-pyrrole nitrogens is 1. The molecular formula is C21H26F2N4O5S. The Morgan fingerprint density at radius 1 is 1.21 bits per heavy atom. The lowest BCUT2D eigenvalue weighted by atomic mass is 10.1. The Hall–Kier alpha value is -2.96. The molecule has 33 heavy (non-hydrogen) atoms. The van der Waals surface area contributed by atoms with Crippen molar-refractivity contribution in [1.29, 1.82) is 0 Å². The van der Waals surface area contributed by atoms with Crippen LogP contribution in [0.2, 0.25) is 0 Å². The predicted molar refractivity (Wildman–Crippen MR) is 120 cm³/mol. The first-order valence-electron chi connectivity index (χ1n) is 10.3. The SMILES string of the molecule is CCCS(=O)(=O)Nc1cccc(C(O)CNCCOc2ccc3c(OC(F)F)n[nH]c3c2)c1. The predicted octanol–water partition coefficient (Wildman–Crippen LogP) is 3.02. The molecule has 0 aliphatic carbocycles. The van der Waals surface area contributed by atoms with E-state index in [1.807, 2.05) is 0 Å². The zero-order valence-electron chi connectivity index (χ0n) is 17.9. The number of hydrogen-bond donors (Lipinski definition) is 4. The molecule has 0 radical (unpaired) electrons. The van der Waals surface area contributed by atoms with Gasteiger partial charge >= 0.3 is 6.61 Å². The van der Waals surface area contributed by atoms with E-state index >= 15 is 0 Å². The summed E-state index contributed by atoms with van der Waals surface area (Å²) in [4.78, 5) is 0. The van der Waals surface area contributed by atoms with Crippen molar-refractivity contribution in [3.05, 3.63) is 48.0 Å². The van der Waals surface area contributed by atoms with Crippen molar-refractivity contribution in [2.75, 3.05) is 30.2 Å². The highest BCUT2D eigenvalue weighted by molar-refractivity contribution is 7.92. The molecule has 0 saturated heterocycles. The van der Waals surface area contributed by atoms with Gasteiger partial charge in [-0.1, -0.05) is 19.1 Å². The van der Waals surface area contributed by atoms with Crippen molar-refractivity contribution < 1.29 is 31.8 Å². The van der Waals surface area contributed by atoms with Crippen molar-refractivity contribution in [1.82, 2.24) is 15.5 Å². The van der Waals surface area contributed by atoms with Gasteiger partial charge in [-0.15, -0.1) is 5.10 Å². The third kappa shape index (κ3) is 7.27. The summed E-state index contributed by atoms with van der Waals surface area (Å²) >= 11 is 0. The van der Waals surface area contributed by atoms with Crippen LogP contribution in [0.3, 0.4) is 0 Å². The normalized spacial score (nSPS) is 12.8. The summed E-state index contributed by atoms with van der Waals surface area (Å²) in [5.74, 6) is 0.368. The Morgan fingerprint density at radius 3 is 2.79 bits per heavy atom. The molecule has 1 unspecified atom stereocenters. The highest BCUT2D eigenvalue weighted by Gasteiger charge is 2.13. The molecule has 4 N–H and O–H groups in total. The van der Waals surface area contributed by atoms with Crippen molar-refractivity contribution in [3.63, 3.8) is 0 Å². The van der Waals surface area contributed by atoms with Gasteiger partial charge < -0.3 is 19.9 Å². The molecule has 3 rings (SSSR count). The summed E-state index contributed by atoms with van der Waals surface area (Å²) in [6.07, 6.45) is -0.330. The van der Waals surface area contributed by atoms with E-state index in [0.29, 0.717) is 47.5 Å². The third-order valence-corrected chi connectivity index (χ3v) is 6.10. The molecule has 0 amide bonds. The number of aliphatic hydroxyl groups is 1. The smallest absolute Gasteiger partial charge is 0.388 e. The Bertz CT molecular complexity index is 1160. The van der Waals surface area contributed by atoms with Gasteiger partial charge in [-0.05, 0) is 36.2 Å². The van der Waals surface area contributed by atoms with Gasteiger partial charge in [0.2, 0.25) is 15.9 Å². The highest BCUT2D eigenvalue weighted by atomic mass is 32.2. The lowest BCUT2D eigenvalue weighted by Crippen LogP contribution is -2.26. The van der Waals surface area contributed by atoms with Crippen LogP contribution in [-0.4, -0.2) is 55.8 Å². The van der Waals surface area contributed by atoms with E-state index in [2.05, 4.69) is 25.0 Å². The zero-order valence-corrected chi connectivity index (χ0v) is 18.7. The first-order valence-corrected chi connectivity index (χ1v) is 12.0. The monoisotopic (exact) mass is 484 g/mol. The lowest BCUT2D eigenvalue weighted by molar-refractivity contribution is -0.0518. The van der Waals surface area contributed by atoms with Crippen LogP contribution >= 0.6 is 0 Å². The first kappa shape index (κ1) is 24.7. The fourth-order valence-corrected chi connectivity index (χ4v) is 4.27. The summed E-state index contributed by atoms with van der Waals surface area (Å²) in [6.45, 7) is -0.208. The summed E-state index contributed by atoms with van der Waals surface area (Å²) in [5.41, 5.74) is 1.48. The first-order chi connectivity index (χ1) is 15.8. The van der Waals surface area contributed by atoms with E-state index in [9.17, 15) is 22.3 Å². The molecule has 0 aliphatic heterocycles. The van der Waals surface area contributed by atoms with E-state index in [1.165, 1.54) is 0 Å². The van der Waals surface area contributed by atoms with Crippen LogP contribution in [0.1, 0.15) is 25.0 Å². The molecule has 2 aromatic carbocycles. The molecule has 0 bridgehead atoms. The second-order valence-electron chi connectivity index (χ2n) is 7.23. The van der Waals surface area contributed by atoms with Gasteiger partial charge in [0.25, 0.3) is 0 Å². The van der Waals surface area contributed by atoms with E-state index in [0.717, 1.165) is 0 Å². The van der Waals surface area contributed by atoms with Gasteiger partial charge in [-0.3, -0.25) is 9.82 Å². The molecule has 0 spiro atoms. The Kier molecular flexibility index (Phi) is 8.42. The van der Waals surface area contributed by atoms with E-state index < -0.39 is 22.7 Å². The van der Waals surface area contributed by atoms with Crippen molar-refractivity contribution >= 4 is 26.6 Å². The number of aromatic nitrogens is 2. The van der Waals surface area contributed by atoms with Crippen LogP contribution < -0.4 is 19.5 Å². The number of aliphatic hydroxyl groups excluding tert-OH is 1. The number of aromatic amines is 1. The molecule has 3 aromatic rings. The van der Waals surface area contributed by atoms with Gasteiger partial charge in [-0.25, -0.2) is 8.42 Å². The molecule has 1 heterocycles. The van der Waals surface area contributed by atoms with Crippen molar-refractivity contribution in [3.8, 4) is 11.6 Å². The van der Waals surface area contributed by atoms with Crippen molar-refractivity contribution in [2.24, 2.45) is 0 Å². The van der Waals surface area contributed by atoms with E-state index in [4.69, 9.17) is 4.74 Å². The molecule has 180 valence electrons. The van der Waals surface area contributed by atoms with Crippen LogP contribution in [0, 0.1) is 0 Å². The molecule has 9 nitrogen and oxygen atoms in total. The van der Waals surface area contributed by atoms with Crippen LogP contribution in [0.5, 0.6) is 11.6 Å². The summed E-state index contributed by atoms with van der Waals surface area (Å²) < 4.78 is 61.0. The third-order valence-electron chi connectivity index (χ3n) is 4.60. The van der Waals surface area contributed by atoms with Gasteiger partial charge in [-0.2, -0.15) is 8.78 Å². The second-order valence-corrected chi connectivity index (χ2v) is 9.07. The maximum absolute atomic E-state index is 12.4.